The highest BCUT2D eigenvalue weighted by atomic mass is 79.9. The monoisotopic (exact) mass is 560 g/mol. The molecule has 0 bridgehead atoms. The molecular formula is C32H25BrN4O. The standard InChI is InChI=1S/C17H14N2O.C15H11BrN2/c1-12(20)14-8-5-9-15(10-14)16-11-18-17(19-16)13-6-3-2-4-7-13;16-13-8-6-11(7-9-13)14-10-17-15(18-14)12-4-2-1-3-5-12/h2-11H,1H3,(H,18,19);1-10H,(H,17,18). The van der Waals surface area contributed by atoms with Crippen LogP contribution >= 0.6 is 15.9 Å². The number of hydrogen-bond donors (Lipinski definition) is 2. The van der Waals surface area contributed by atoms with E-state index in [2.05, 4.69) is 48.0 Å². The van der Waals surface area contributed by atoms with Crippen LogP contribution in [0.3, 0.4) is 0 Å². The maximum atomic E-state index is 11.4. The van der Waals surface area contributed by atoms with Crippen LogP contribution < -0.4 is 0 Å². The van der Waals surface area contributed by atoms with E-state index in [9.17, 15) is 4.79 Å². The van der Waals surface area contributed by atoms with Crippen LogP contribution in [0.15, 0.2) is 126 Å². The Balaban J connectivity index is 0.000000156. The molecule has 0 atom stereocenters. The van der Waals surface area contributed by atoms with Gasteiger partial charge in [0.15, 0.2) is 5.78 Å². The molecule has 6 rings (SSSR count). The van der Waals surface area contributed by atoms with E-state index in [1.165, 1.54) is 0 Å². The van der Waals surface area contributed by atoms with Crippen LogP contribution in [0.1, 0.15) is 17.3 Å². The predicted octanol–water partition coefficient (Wildman–Crippen LogP) is 8.45. The number of hydrogen-bond acceptors (Lipinski definition) is 3. The molecule has 2 N–H and O–H groups in total. The molecule has 38 heavy (non-hydrogen) atoms. The third-order valence-electron chi connectivity index (χ3n) is 5.98. The van der Waals surface area contributed by atoms with E-state index in [-0.39, 0.29) is 5.78 Å². The largest absolute Gasteiger partial charge is 0.338 e. The summed E-state index contributed by atoms with van der Waals surface area (Å²) in [4.78, 5) is 26.9. The third-order valence-corrected chi connectivity index (χ3v) is 6.51. The van der Waals surface area contributed by atoms with Crippen LogP contribution in [-0.2, 0) is 0 Å². The number of aromatic nitrogens is 4. The van der Waals surface area contributed by atoms with Crippen LogP contribution in [0.5, 0.6) is 0 Å². The van der Waals surface area contributed by atoms with Crippen molar-refractivity contribution in [1.82, 2.24) is 19.9 Å². The molecule has 2 aromatic heterocycles. The molecular weight excluding hydrogens is 536 g/mol. The number of H-pyrrole nitrogens is 2. The minimum Gasteiger partial charge on any atom is -0.338 e. The molecule has 6 aromatic rings. The lowest BCUT2D eigenvalue weighted by atomic mass is 10.1. The van der Waals surface area contributed by atoms with Gasteiger partial charge >= 0.3 is 0 Å². The van der Waals surface area contributed by atoms with Crippen molar-refractivity contribution in [3.63, 3.8) is 0 Å². The second-order valence-corrected chi connectivity index (χ2v) is 9.58. The van der Waals surface area contributed by atoms with E-state index in [4.69, 9.17) is 0 Å². The molecule has 0 unspecified atom stereocenters. The van der Waals surface area contributed by atoms with Crippen LogP contribution in [0, 0.1) is 0 Å². The van der Waals surface area contributed by atoms with E-state index in [0.717, 1.165) is 49.8 Å². The second kappa shape index (κ2) is 11.7. The summed E-state index contributed by atoms with van der Waals surface area (Å²) < 4.78 is 1.08. The van der Waals surface area contributed by atoms with E-state index in [1.807, 2.05) is 103 Å². The Bertz CT molecular complexity index is 1640. The number of nitrogens with zero attached hydrogens (tertiary/aromatic N) is 2. The molecule has 0 fully saturated rings. The fraction of sp³-hybridized carbons (Fsp3) is 0.0312. The Morgan fingerprint density at radius 2 is 1.11 bits per heavy atom. The summed E-state index contributed by atoms with van der Waals surface area (Å²) in [5, 5.41) is 0. The van der Waals surface area contributed by atoms with Gasteiger partial charge in [0.1, 0.15) is 11.6 Å². The van der Waals surface area contributed by atoms with Crippen molar-refractivity contribution in [1.29, 1.82) is 0 Å². The van der Waals surface area contributed by atoms with Crippen LogP contribution in [0.25, 0.3) is 45.3 Å². The van der Waals surface area contributed by atoms with Gasteiger partial charge in [-0.05, 0) is 30.7 Å². The minimum absolute atomic E-state index is 0.0645. The molecule has 4 aromatic carbocycles. The first kappa shape index (κ1) is 25.1. The Kier molecular flexibility index (Phi) is 7.71. The molecule has 2 heterocycles. The summed E-state index contributed by atoms with van der Waals surface area (Å²) in [6, 6.07) is 35.8. The number of benzene rings is 4. The molecule has 0 aliphatic rings. The lowest BCUT2D eigenvalue weighted by molar-refractivity contribution is 0.101. The summed E-state index contributed by atoms with van der Waals surface area (Å²) in [5.74, 6) is 1.79. The van der Waals surface area contributed by atoms with Crippen LogP contribution in [-0.4, -0.2) is 25.7 Å². The normalized spacial score (nSPS) is 10.5. The van der Waals surface area contributed by atoms with Gasteiger partial charge in [-0.15, -0.1) is 0 Å². The molecule has 186 valence electrons. The van der Waals surface area contributed by atoms with Gasteiger partial charge in [0, 0.05) is 26.7 Å². The predicted molar refractivity (Wildman–Crippen MR) is 157 cm³/mol. The molecule has 0 radical (unpaired) electrons. The Morgan fingerprint density at radius 3 is 1.63 bits per heavy atom. The van der Waals surface area contributed by atoms with Crippen molar-refractivity contribution in [2.45, 2.75) is 6.92 Å². The van der Waals surface area contributed by atoms with Crippen molar-refractivity contribution in [2.24, 2.45) is 0 Å². The van der Waals surface area contributed by atoms with Crippen LogP contribution in [0.4, 0.5) is 0 Å². The van der Waals surface area contributed by atoms with E-state index < -0.39 is 0 Å². The zero-order chi connectivity index (χ0) is 26.3. The van der Waals surface area contributed by atoms with Gasteiger partial charge < -0.3 is 9.97 Å². The first-order valence-corrected chi connectivity index (χ1v) is 12.9. The van der Waals surface area contributed by atoms with Crippen molar-refractivity contribution < 1.29 is 4.79 Å². The summed E-state index contributed by atoms with van der Waals surface area (Å²) in [7, 11) is 0. The van der Waals surface area contributed by atoms with Gasteiger partial charge in [-0.3, -0.25) is 4.79 Å². The molecule has 0 saturated carbocycles. The number of aromatic amines is 2. The third kappa shape index (κ3) is 6.05. The average Bonchev–Trinajstić information content (AvgIpc) is 3.66. The van der Waals surface area contributed by atoms with Gasteiger partial charge in [-0.2, -0.15) is 0 Å². The highest BCUT2D eigenvalue weighted by molar-refractivity contribution is 9.10. The van der Waals surface area contributed by atoms with Gasteiger partial charge in [-0.1, -0.05) is 107 Å². The van der Waals surface area contributed by atoms with Crippen molar-refractivity contribution in [3.05, 3.63) is 132 Å². The highest BCUT2D eigenvalue weighted by Gasteiger charge is 2.07. The Labute approximate surface area is 229 Å². The number of imidazole rings is 2. The second-order valence-electron chi connectivity index (χ2n) is 8.67. The van der Waals surface area contributed by atoms with E-state index in [1.54, 1.807) is 13.1 Å². The zero-order valence-electron chi connectivity index (χ0n) is 20.7. The molecule has 0 spiro atoms. The maximum absolute atomic E-state index is 11.4. The molecule has 0 aliphatic heterocycles. The molecule has 0 saturated heterocycles. The number of ketones is 1. The molecule has 0 aliphatic carbocycles. The number of halogens is 1. The van der Waals surface area contributed by atoms with Crippen molar-refractivity contribution >= 4 is 21.7 Å². The fourth-order valence-electron chi connectivity index (χ4n) is 3.96. The highest BCUT2D eigenvalue weighted by Crippen LogP contribution is 2.24. The van der Waals surface area contributed by atoms with Gasteiger partial charge in [0.25, 0.3) is 0 Å². The SMILES string of the molecule is Brc1ccc(-c2cnc(-c3ccccc3)[nH]2)cc1.CC(=O)c1cccc(-c2cnc(-c3ccccc3)[nH]2)c1. The Morgan fingerprint density at radius 1 is 0.605 bits per heavy atom. The summed E-state index contributed by atoms with van der Waals surface area (Å²) in [6.45, 7) is 1.57. The lowest BCUT2D eigenvalue weighted by Crippen LogP contribution is -1.91. The zero-order valence-corrected chi connectivity index (χ0v) is 22.3. The van der Waals surface area contributed by atoms with Gasteiger partial charge in [0.2, 0.25) is 0 Å². The number of carbonyl (C=O) groups excluding carboxylic acids is 1. The van der Waals surface area contributed by atoms with Gasteiger partial charge in [-0.25, -0.2) is 9.97 Å². The summed E-state index contributed by atoms with van der Waals surface area (Å²) >= 11 is 3.43. The summed E-state index contributed by atoms with van der Waals surface area (Å²) in [5.41, 5.74) is 6.88. The first-order chi connectivity index (χ1) is 18.6. The van der Waals surface area contributed by atoms with E-state index in [0.29, 0.717) is 5.56 Å². The molecule has 5 nitrogen and oxygen atoms in total. The topological polar surface area (TPSA) is 74.4 Å². The lowest BCUT2D eigenvalue weighted by Gasteiger charge is -2.00. The van der Waals surface area contributed by atoms with Crippen LogP contribution in [0.2, 0.25) is 0 Å². The molecule has 0 amide bonds. The maximum Gasteiger partial charge on any atom is 0.159 e. The molecule has 6 heteroatoms. The fourth-order valence-corrected chi connectivity index (χ4v) is 4.22. The number of rotatable bonds is 5. The number of Topliss-reactive ketones (excluding diaryl/α,β-unsaturated/α-hetero) is 1. The average molecular weight is 561 g/mol. The summed E-state index contributed by atoms with van der Waals surface area (Å²) in [6.07, 6.45) is 3.66. The minimum atomic E-state index is 0.0645. The first-order valence-electron chi connectivity index (χ1n) is 12.1. The quantitative estimate of drug-likeness (QED) is 0.208. The van der Waals surface area contributed by atoms with Crippen molar-refractivity contribution in [2.75, 3.05) is 0 Å². The Hall–Kier alpha value is -4.55. The van der Waals surface area contributed by atoms with E-state index >= 15 is 0 Å². The number of nitrogens with one attached hydrogen (secondary N) is 2. The number of carbonyl (C=O) groups is 1. The van der Waals surface area contributed by atoms with Crippen molar-refractivity contribution in [3.8, 4) is 45.3 Å². The smallest absolute Gasteiger partial charge is 0.159 e. The van der Waals surface area contributed by atoms with Gasteiger partial charge in [0.05, 0.1) is 23.8 Å².